The van der Waals surface area contributed by atoms with Gasteiger partial charge in [0.2, 0.25) is 5.91 Å². The molecule has 1 aliphatic rings. The number of para-hydroxylation sites is 1. The monoisotopic (exact) mass is 542 g/mol. The highest BCUT2D eigenvalue weighted by Crippen LogP contribution is 2.49. The number of benzene rings is 3. The lowest BCUT2D eigenvalue weighted by Gasteiger charge is -2.31. The van der Waals surface area contributed by atoms with Crippen LogP contribution in [0.5, 0.6) is 5.75 Å². The van der Waals surface area contributed by atoms with Crippen molar-refractivity contribution < 1.29 is 9.53 Å². The van der Waals surface area contributed by atoms with Gasteiger partial charge in [-0.15, -0.1) is 10.2 Å². The zero-order valence-corrected chi connectivity index (χ0v) is 21.8. The zero-order valence-electron chi connectivity index (χ0n) is 18.6. The summed E-state index contributed by atoms with van der Waals surface area (Å²) < 4.78 is 7.79. The first-order valence-corrected chi connectivity index (χ1v) is 13.4. The first kappa shape index (κ1) is 24.1. The summed E-state index contributed by atoms with van der Waals surface area (Å²) in [6, 6.07) is 20.7. The average Bonchev–Trinajstić information content (AvgIpc) is 3.27. The van der Waals surface area contributed by atoms with Crippen molar-refractivity contribution in [2.75, 3.05) is 10.7 Å². The van der Waals surface area contributed by atoms with E-state index in [9.17, 15) is 4.79 Å². The van der Waals surface area contributed by atoms with Crippen LogP contribution >= 0.6 is 46.7 Å². The van der Waals surface area contributed by atoms with E-state index < -0.39 is 0 Å². The van der Waals surface area contributed by atoms with Gasteiger partial charge in [0.25, 0.3) is 0 Å². The van der Waals surface area contributed by atoms with Gasteiger partial charge in [0.1, 0.15) is 12.4 Å². The van der Waals surface area contributed by atoms with Crippen LogP contribution in [0.25, 0.3) is 0 Å². The number of aromatic nitrogens is 3. The van der Waals surface area contributed by atoms with E-state index in [1.54, 1.807) is 28.8 Å². The number of anilines is 2. The molecule has 1 amide bonds. The van der Waals surface area contributed by atoms with Crippen LogP contribution in [0.2, 0.25) is 10.0 Å². The Morgan fingerprint density at radius 1 is 0.971 bits per heavy atom. The van der Waals surface area contributed by atoms with Crippen molar-refractivity contribution in [3.8, 4) is 5.75 Å². The van der Waals surface area contributed by atoms with Crippen LogP contribution in [0.4, 0.5) is 11.4 Å². The summed E-state index contributed by atoms with van der Waals surface area (Å²) in [5, 5.41) is 10.5. The maximum absolute atomic E-state index is 13.5. The van der Waals surface area contributed by atoms with E-state index in [0.29, 0.717) is 33.3 Å². The van der Waals surface area contributed by atoms with Crippen LogP contribution in [0.1, 0.15) is 12.7 Å². The van der Waals surface area contributed by atoms with Crippen LogP contribution in [-0.2, 0) is 17.9 Å². The van der Waals surface area contributed by atoms with Gasteiger partial charge in [0, 0.05) is 26.4 Å². The van der Waals surface area contributed by atoms with Gasteiger partial charge < -0.3 is 9.30 Å². The Morgan fingerprint density at radius 2 is 1.71 bits per heavy atom. The summed E-state index contributed by atoms with van der Waals surface area (Å²) in [7, 11) is 0. The maximum atomic E-state index is 13.5. The molecule has 2 heterocycles. The van der Waals surface area contributed by atoms with Crippen molar-refractivity contribution >= 4 is 64.0 Å². The van der Waals surface area contributed by atoms with Crippen molar-refractivity contribution in [1.82, 2.24) is 14.8 Å². The summed E-state index contributed by atoms with van der Waals surface area (Å²) >= 11 is 15.2. The zero-order chi connectivity index (χ0) is 24.4. The minimum absolute atomic E-state index is 0.0594. The lowest BCUT2D eigenvalue weighted by atomic mass is 10.2. The highest BCUT2D eigenvalue weighted by Gasteiger charge is 2.28. The summed E-state index contributed by atoms with van der Waals surface area (Å²) in [6.07, 6.45) is 0. The normalized spacial score (nSPS) is 12.3. The Morgan fingerprint density at radius 3 is 2.51 bits per heavy atom. The largest absolute Gasteiger partial charge is 0.486 e. The third-order valence-corrected chi connectivity index (χ3v) is 7.92. The second-order valence-corrected chi connectivity index (χ2v) is 10.5. The van der Waals surface area contributed by atoms with Gasteiger partial charge in [0.05, 0.1) is 17.1 Å². The number of fused-ring (bicyclic) bond motifs is 2. The standard InChI is InChI=1S/C25H20Cl2N4O2S2/c1-2-30-23(14-33-18-10-7-16(26)8-11-18)28-29-25(30)34-15-24(32)31-19-5-3-4-6-21(19)35-22-12-9-17(27)13-20(22)31/h3-13H,2,14-15H2,1H3. The van der Waals surface area contributed by atoms with Gasteiger partial charge in [-0.3, -0.25) is 9.69 Å². The van der Waals surface area contributed by atoms with Crippen LogP contribution in [0, 0.1) is 0 Å². The Balaban J connectivity index is 1.33. The molecular formula is C25H20Cl2N4O2S2. The van der Waals surface area contributed by atoms with E-state index in [1.165, 1.54) is 11.8 Å². The minimum atomic E-state index is -0.0594. The molecule has 0 N–H and O–H groups in total. The number of rotatable bonds is 7. The Hall–Kier alpha value is -2.65. The SMILES string of the molecule is CCn1c(COc2ccc(Cl)cc2)nnc1SCC(=O)N1c2ccccc2Sc2ccc(Cl)cc21. The van der Waals surface area contributed by atoms with Crippen LogP contribution in [-0.4, -0.2) is 26.4 Å². The third kappa shape index (κ3) is 5.16. The van der Waals surface area contributed by atoms with E-state index in [1.807, 2.05) is 66.1 Å². The molecule has 0 fully saturated rings. The molecule has 0 saturated heterocycles. The summed E-state index contributed by atoms with van der Waals surface area (Å²) in [5.74, 6) is 1.52. The van der Waals surface area contributed by atoms with Crippen LogP contribution in [0.3, 0.4) is 0 Å². The lowest BCUT2D eigenvalue weighted by Crippen LogP contribution is -2.30. The quantitative estimate of drug-likeness (QED) is 0.232. The molecule has 10 heteroatoms. The number of nitrogens with zero attached hydrogens (tertiary/aromatic N) is 4. The number of halogens is 2. The molecule has 0 spiro atoms. The number of carbonyl (C=O) groups excluding carboxylic acids is 1. The van der Waals surface area contributed by atoms with Gasteiger partial charge in [-0.1, -0.05) is 58.9 Å². The second-order valence-electron chi connectivity index (χ2n) is 7.59. The van der Waals surface area contributed by atoms with Crippen molar-refractivity contribution in [2.24, 2.45) is 0 Å². The molecule has 0 saturated carbocycles. The topological polar surface area (TPSA) is 60.2 Å². The molecule has 178 valence electrons. The molecule has 1 aliphatic heterocycles. The number of hydrogen-bond acceptors (Lipinski definition) is 6. The van der Waals surface area contributed by atoms with Crippen LogP contribution < -0.4 is 9.64 Å². The van der Waals surface area contributed by atoms with Crippen molar-refractivity contribution in [3.05, 3.63) is 82.6 Å². The lowest BCUT2D eigenvalue weighted by molar-refractivity contribution is -0.115. The number of ether oxygens (including phenoxy) is 1. The Bertz CT molecular complexity index is 1380. The van der Waals surface area contributed by atoms with Crippen molar-refractivity contribution in [2.45, 2.75) is 35.0 Å². The molecule has 3 aromatic carbocycles. The van der Waals surface area contributed by atoms with E-state index >= 15 is 0 Å². The molecule has 0 aliphatic carbocycles. The summed E-state index contributed by atoms with van der Waals surface area (Å²) in [6.45, 7) is 2.93. The molecule has 6 nitrogen and oxygen atoms in total. The highest BCUT2D eigenvalue weighted by molar-refractivity contribution is 8.00. The van der Waals surface area contributed by atoms with Crippen molar-refractivity contribution in [3.63, 3.8) is 0 Å². The summed E-state index contributed by atoms with van der Waals surface area (Å²) in [5.41, 5.74) is 1.65. The first-order valence-electron chi connectivity index (χ1n) is 10.9. The first-order chi connectivity index (χ1) is 17.0. The molecule has 1 aromatic heterocycles. The predicted molar refractivity (Wildman–Crippen MR) is 141 cm³/mol. The smallest absolute Gasteiger partial charge is 0.242 e. The molecule has 4 aromatic rings. The van der Waals surface area contributed by atoms with E-state index in [2.05, 4.69) is 10.2 Å². The molecule has 0 atom stereocenters. The number of hydrogen-bond donors (Lipinski definition) is 0. The van der Waals surface area contributed by atoms with E-state index in [-0.39, 0.29) is 18.3 Å². The molecule has 0 radical (unpaired) electrons. The predicted octanol–water partition coefficient (Wildman–Crippen LogP) is 7.11. The Kier molecular flexibility index (Phi) is 7.24. The van der Waals surface area contributed by atoms with Gasteiger partial charge in [-0.2, -0.15) is 0 Å². The number of amides is 1. The maximum Gasteiger partial charge on any atom is 0.242 e. The van der Waals surface area contributed by atoms with E-state index in [4.69, 9.17) is 27.9 Å². The fourth-order valence-electron chi connectivity index (χ4n) is 3.72. The van der Waals surface area contributed by atoms with Crippen molar-refractivity contribution in [1.29, 1.82) is 0 Å². The fourth-order valence-corrected chi connectivity index (χ4v) is 5.92. The average molecular weight is 544 g/mol. The number of thioether (sulfide) groups is 1. The molecule has 0 unspecified atom stereocenters. The third-order valence-electron chi connectivity index (χ3n) is 5.35. The van der Waals surface area contributed by atoms with E-state index in [0.717, 1.165) is 21.2 Å². The molecule has 35 heavy (non-hydrogen) atoms. The second kappa shape index (κ2) is 10.5. The summed E-state index contributed by atoms with van der Waals surface area (Å²) in [4.78, 5) is 17.3. The highest BCUT2D eigenvalue weighted by atomic mass is 35.5. The van der Waals surface area contributed by atoms with Gasteiger partial charge in [0.15, 0.2) is 11.0 Å². The van der Waals surface area contributed by atoms with Gasteiger partial charge >= 0.3 is 0 Å². The number of carbonyl (C=O) groups is 1. The van der Waals surface area contributed by atoms with Gasteiger partial charge in [-0.25, -0.2) is 0 Å². The molecule has 0 bridgehead atoms. The van der Waals surface area contributed by atoms with Crippen LogP contribution in [0.15, 0.2) is 81.7 Å². The van der Waals surface area contributed by atoms with Gasteiger partial charge in [-0.05, 0) is 61.5 Å². The fraction of sp³-hybridized carbons (Fsp3) is 0.160. The molecule has 5 rings (SSSR count). The molecular weight excluding hydrogens is 523 g/mol. The Labute approximate surface area is 221 Å². The minimum Gasteiger partial charge on any atom is -0.486 e.